The minimum atomic E-state index is -0.133. The van der Waals surface area contributed by atoms with Crippen LogP contribution in [0.5, 0.6) is 0 Å². The van der Waals surface area contributed by atoms with E-state index in [0.29, 0.717) is 17.3 Å². The monoisotopic (exact) mass is 284 g/mol. The topological polar surface area (TPSA) is 41.5 Å². The van der Waals surface area contributed by atoms with Crippen LogP contribution in [0, 0.1) is 0 Å². The zero-order chi connectivity index (χ0) is 14.2. The molecule has 0 aliphatic heterocycles. The number of benzene rings is 2. The summed E-state index contributed by atoms with van der Waals surface area (Å²) in [6.45, 7) is 0.562. The summed E-state index contributed by atoms with van der Waals surface area (Å²) in [6.07, 6.45) is 1.90. The van der Waals surface area contributed by atoms with Gasteiger partial charge in [0.25, 0.3) is 5.91 Å². The van der Waals surface area contributed by atoms with Crippen molar-refractivity contribution in [2.24, 2.45) is 4.99 Å². The molecular weight excluding hydrogens is 268 g/mol. The van der Waals surface area contributed by atoms with E-state index in [1.807, 2.05) is 54.8 Å². The average Bonchev–Trinajstić information content (AvgIpc) is 2.53. The molecule has 0 atom stereocenters. The fraction of sp³-hybridized carbons (Fsp3) is 0.125. The van der Waals surface area contributed by atoms with Gasteiger partial charge in [-0.1, -0.05) is 60.3 Å². The van der Waals surface area contributed by atoms with Gasteiger partial charge in [0.1, 0.15) is 0 Å². The predicted molar refractivity (Wildman–Crippen MR) is 85.0 cm³/mol. The number of amidine groups is 1. The third-order valence-corrected chi connectivity index (χ3v) is 3.32. The molecule has 102 valence electrons. The fourth-order valence-corrected chi connectivity index (χ4v) is 2.05. The van der Waals surface area contributed by atoms with Gasteiger partial charge in [-0.2, -0.15) is 0 Å². The number of carbonyl (C=O) groups is 1. The first kappa shape index (κ1) is 14.3. The van der Waals surface area contributed by atoms with Crippen LogP contribution in [-0.4, -0.2) is 17.3 Å². The maximum atomic E-state index is 12.0. The van der Waals surface area contributed by atoms with Gasteiger partial charge in [-0.3, -0.25) is 9.79 Å². The molecule has 3 nitrogen and oxygen atoms in total. The smallest absolute Gasteiger partial charge is 0.257 e. The number of nitrogens with one attached hydrogen (secondary N) is 1. The van der Waals surface area contributed by atoms with Gasteiger partial charge >= 0.3 is 0 Å². The Hall–Kier alpha value is -2.07. The lowest BCUT2D eigenvalue weighted by molar-refractivity contribution is 0.0978. The van der Waals surface area contributed by atoms with E-state index in [9.17, 15) is 4.79 Å². The normalized spacial score (nSPS) is 11.2. The highest BCUT2D eigenvalue weighted by Gasteiger charge is 2.07. The second-order valence-corrected chi connectivity index (χ2v) is 4.93. The molecule has 2 rings (SSSR count). The van der Waals surface area contributed by atoms with Crippen molar-refractivity contribution in [3.05, 3.63) is 71.8 Å². The van der Waals surface area contributed by atoms with E-state index < -0.39 is 0 Å². The molecule has 4 heteroatoms. The van der Waals surface area contributed by atoms with Crippen molar-refractivity contribution in [1.82, 2.24) is 5.32 Å². The Morgan fingerprint density at radius 1 is 1.05 bits per heavy atom. The highest BCUT2D eigenvalue weighted by molar-refractivity contribution is 8.13. The molecule has 0 radical (unpaired) electrons. The number of aliphatic imine (C=N–C) groups is 1. The van der Waals surface area contributed by atoms with Gasteiger partial charge in [0.05, 0.1) is 6.54 Å². The quantitative estimate of drug-likeness (QED) is 0.694. The van der Waals surface area contributed by atoms with Gasteiger partial charge < -0.3 is 5.32 Å². The van der Waals surface area contributed by atoms with Crippen molar-refractivity contribution in [2.45, 2.75) is 6.54 Å². The first-order valence-electron chi connectivity index (χ1n) is 6.28. The van der Waals surface area contributed by atoms with E-state index in [1.54, 1.807) is 12.1 Å². The van der Waals surface area contributed by atoms with E-state index in [1.165, 1.54) is 11.8 Å². The third-order valence-electron chi connectivity index (χ3n) is 2.70. The minimum Gasteiger partial charge on any atom is -0.301 e. The van der Waals surface area contributed by atoms with Gasteiger partial charge in [-0.05, 0) is 24.0 Å². The largest absolute Gasteiger partial charge is 0.301 e. The first-order chi connectivity index (χ1) is 9.79. The zero-order valence-electron chi connectivity index (χ0n) is 11.2. The van der Waals surface area contributed by atoms with Crippen LogP contribution < -0.4 is 5.32 Å². The Kier molecular flexibility index (Phi) is 5.38. The third kappa shape index (κ3) is 4.24. The zero-order valence-corrected chi connectivity index (χ0v) is 12.1. The van der Waals surface area contributed by atoms with Crippen LogP contribution in [0.3, 0.4) is 0 Å². The lowest BCUT2D eigenvalue weighted by Crippen LogP contribution is -2.28. The van der Waals surface area contributed by atoms with Crippen LogP contribution in [0.15, 0.2) is 65.7 Å². The molecule has 0 aromatic heterocycles. The number of rotatable bonds is 3. The maximum Gasteiger partial charge on any atom is 0.257 e. The molecule has 0 fully saturated rings. The maximum absolute atomic E-state index is 12.0. The fourth-order valence-electron chi connectivity index (χ4n) is 1.66. The predicted octanol–water partition coefficient (Wildman–Crippen LogP) is 3.34. The molecule has 0 spiro atoms. The summed E-state index contributed by atoms with van der Waals surface area (Å²) in [5.74, 6) is -0.133. The van der Waals surface area contributed by atoms with Gasteiger partial charge in [0.2, 0.25) is 0 Å². The Labute approximate surface area is 123 Å². The van der Waals surface area contributed by atoms with E-state index in [0.717, 1.165) is 5.56 Å². The van der Waals surface area contributed by atoms with E-state index in [4.69, 9.17) is 0 Å². The summed E-state index contributed by atoms with van der Waals surface area (Å²) in [6, 6.07) is 19.1. The van der Waals surface area contributed by atoms with Crippen molar-refractivity contribution < 1.29 is 4.79 Å². The Bertz CT molecular complexity index is 582. The molecule has 0 saturated carbocycles. The van der Waals surface area contributed by atoms with Crippen molar-refractivity contribution in [2.75, 3.05) is 6.26 Å². The molecule has 0 bridgehead atoms. The standard InChI is InChI=1S/C16H16N2OS/c1-20-16(17-12-13-8-4-2-5-9-13)18-15(19)14-10-6-3-7-11-14/h2-11H,12H2,1H3,(H,17,18,19). The van der Waals surface area contributed by atoms with Crippen molar-refractivity contribution in [1.29, 1.82) is 0 Å². The Morgan fingerprint density at radius 2 is 1.65 bits per heavy atom. The van der Waals surface area contributed by atoms with Gasteiger partial charge in [-0.25, -0.2) is 0 Å². The van der Waals surface area contributed by atoms with E-state index in [2.05, 4.69) is 10.3 Å². The second-order valence-electron chi connectivity index (χ2n) is 4.13. The van der Waals surface area contributed by atoms with Crippen LogP contribution in [0.1, 0.15) is 15.9 Å². The van der Waals surface area contributed by atoms with E-state index in [-0.39, 0.29) is 5.91 Å². The SMILES string of the molecule is CSC(=NCc1ccccc1)NC(=O)c1ccccc1. The van der Waals surface area contributed by atoms with Crippen LogP contribution in [0.25, 0.3) is 0 Å². The molecular formula is C16H16N2OS. The van der Waals surface area contributed by atoms with Crippen LogP contribution in [-0.2, 0) is 6.54 Å². The summed E-state index contributed by atoms with van der Waals surface area (Å²) in [5, 5.41) is 3.45. The summed E-state index contributed by atoms with van der Waals surface area (Å²) < 4.78 is 0. The number of thioether (sulfide) groups is 1. The molecule has 0 heterocycles. The summed E-state index contributed by atoms with van der Waals surface area (Å²) >= 11 is 1.43. The van der Waals surface area contributed by atoms with Crippen LogP contribution >= 0.6 is 11.8 Å². The van der Waals surface area contributed by atoms with E-state index >= 15 is 0 Å². The molecule has 0 aliphatic carbocycles. The van der Waals surface area contributed by atoms with Crippen molar-refractivity contribution >= 4 is 22.8 Å². The summed E-state index contributed by atoms with van der Waals surface area (Å²) in [5.41, 5.74) is 1.75. The van der Waals surface area contributed by atoms with Crippen molar-refractivity contribution in [3.8, 4) is 0 Å². The first-order valence-corrected chi connectivity index (χ1v) is 7.51. The molecule has 2 aromatic rings. The number of carbonyl (C=O) groups excluding carboxylic acids is 1. The van der Waals surface area contributed by atoms with Gasteiger partial charge in [-0.15, -0.1) is 0 Å². The second kappa shape index (κ2) is 7.50. The number of hydrogen-bond acceptors (Lipinski definition) is 3. The average molecular weight is 284 g/mol. The van der Waals surface area contributed by atoms with Gasteiger partial charge in [0.15, 0.2) is 5.17 Å². The Morgan fingerprint density at radius 3 is 2.25 bits per heavy atom. The minimum absolute atomic E-state index is 0.133. The lowest BCUT2D eigenvalue weighted by Gasteiger charge is -2.06. The van der Waals surface area contributed by atoms with Gasteiger partial charge in [0, 0.05) is 5.56 Å². The summed E-state index contributed by atoms with van der Waals surface area (Å²) in [7, 11) is 0. The summed E-state index contributed by atoms with van der Waals surface area (Å²) in [4.78, 5) is 16.4. The van der Waals surface area contributed by atoms with Crippen LogP contribution in [0.2, 0.25) is 0 Å². The molecule has 0 aliphatic rings. The van der Waals surface area contributed by atoms with Crippen LogP contribution in [0.4, 0.5) is 0 Å². The lowest BCUT2D eigenvalue weighted by atomic mass is 10.2. The highest BCUT2D eigenvalue weighted by Crippen LogP contribution is 2.05. The molecule has 0 saturated heterocycles. The molecule has 2 aromatic carbocycles. The highest BCUT2D eigenvalue weighted by atomic mass is 32.2. The number of hydrogen-bond donors (Lipinski definition) is 1. The van der Waals surface area contributed by atoms with Crippen molar-refractivity contribution in [3.63, 3.8) is 0 Å². The molecule has 0 unspecified atom stereocenters. The molecule has 1 amide bonds. The molecule has 1 N–H and O–H groups in total. The number of nitrogens with zero attached hydrogens (tertiary/aromatic N) is 1. The molecule has 20 heavy (non-hydrogen) atoms. The number of amides is 1. The Balaban J connectivity index is 2.00.